The molecule has 0 bridgehead atoms. The number of pyridine rings is 1. The lowest BCUT2D eigenvalue weighted by Gasteiger charge is -2.37. The number of benzene rings is 2. The Hall–Kier alpha value is -3.85. The summed E-state index contributed by atoms with van der Waals surface area (Å²) in [7, 11) is 0. The molecule has 0 radical (unpaired) electrons. The zero-order valence-electron chi connectivity index (χ0n) is 21.5. The van der Waals surface area contributed by atoms with Gasteiger partial charge in [-0.2, -0.15) is 0 Å². The van der Waals surface area contributed by atoms with Crippen LogP contribution in [0.1, 0.15) is 44.7 Å². The maximum atomic E-state index is 15.2. The highest BCUT2D eigenvalue weighted by molar-refractivity contribution is 6.34. The Labute approximate surface area is 229 Å². The molecule has 1 fully saturated rings. The molecule has 2 N–H and O–H groups in total. The lowest BCUT2D eigenvalue weighted by Crippen LogP contribution is -2.45. The number of carboxylic acids is 1. The van der Waals surface area contributed by atoms with Crippen LogP contribution in [0.4, 0.5) is 20.4 Å². The SMILES string of the molecule is CCC1CC(C(=O)O)CCN1c1ncc(-c2cc3c(NC(C)c4ccccc4F)c(Cl)cnc3cc2F)cn1. The van der Waals surface area contributed by atoms with Gasteiger partial charge in [-0.05, 0) is 38.3 Å². The van der Waals surface area contributed by atoms with Gasteiger partial charge in [-0.1, -0.05) is 36.7 Å². The summed E-state index contributed by atoms with van der Waals surface area (Å²) in [6.45, 7) is 4.37. The maximum absolute atomic E-state index is 15.2. The quantitative estimate of drug-likeness (QED) is 0.259. The molecule has 3 unspecified atom stereocenters. The number of hydrogen-bond donors (Lipinski definition) is 2. The van der Waals surface area contributed by atoms with Gasteiger partial charge in [0.25, 0.3) is 0 Å². The first-order chi connectivity index (χ1) is 18.8. The summed E-state index contributed by atoms with van der Waals surface area (Å²) in [4.78, 5) is 26.8. The highest BCUT2D eigenvalue weighted by Gasteiger charge is 2.32. The summed E-state index contributed by atoms with van der Waals surface area (Å²) < 4.78 is 29.6. The molecule has 3 heterocycles. The second-order valence-electron chi connectivity index (χ2n) is 9.80. The minimum absolute atomic E-state index is 0.0152. The number of nitrogens with zero attached hydrogens (tertiary/aromatic N) is 4. The number of nitrogens with one attached hydrogen (secondary N) is 1. The van der Waals surface area contributed by atoms with Crippen LogP contribution in [0.5, 0.6) is 0 Å². The van der Waals surface area contributed by atoms with Crippen LogP contribution in [0.2, 0.25) is 5.02 Å². The summed E-state index contributed by atoms with van der Waals surface area (Å²) in [5, 5.41) is 13.6. The van der Waals surface area contributed by atoms with Gasteiger partial charge in [-0.15, -0.1) is 0 Å². The number of hydrogen-bond acceptors (Lipinski definition) is 6. The van der Waals surface area contributed by atoms with Gasteiger partial charge in [0, 0.05) is 59.3 Å². The highest BCUT2D eigenvalue weighted by atomic mass is 35.5. The van der Waals surface area contributed by atoms with E-state index >= 15 is 4.39 Å². The van der Waals surface area contributed by atoms with Gasteiger partial charge in [0.05, 0.1) is 28.2 Å². The first-order valence-electron chi connectivity index (χ1n) is 12.9. The van der Waals surface area contributed by atoms with Crippen LogP contribution >= 0.6 is 11.6 Å². The molecule has 7 nitrogen and oxygen atoms in total. The van der Waals surface area contributed by atoms with Gasteiger partial charge >= 0.3 is 5.97 Å². The largest absolute Gasteiger partial charge is 0.481 e. The smallest absolute Gasteiger partial charge is 0.306 e. The van der Waals surface area contributed by atoms with E-state index in [1.54, 1.807) is 36.7 Å². The number of carboxylic acid groups (broad SMARTS) is 1. The number of fused-ring (bicyclic) bond motifs is 1. The number of anilines is 2. The van der Waals surface area contributed by atoms with Crippen LogP contribution in [-0.4, -0.2) is 38.6 Å². The van der Waals surface area contributed by atoms with Crippen LogP contribution in [0.3, 0.4) is 0 Å². The average Bonchev–Trinajstić information content (AvgIpc) is 2.94. The van der Waals surface area contributed by atoms with E-state index in [-0.39, 0.29) is 23.3 Å². The Bertz CT molecular complexity index is 1520. The fraction of sp³-hybridized carbons (Fsp3) is 0.310. The first-order valence-corrected chi connectivity index (χ1v) is 13.2. The summed E-state index contributed by atoms with van der Waals surface area (Å²) in [5.41, 5.74) is 2.13. The van der Waals surface area contributed by atoms with Crippen molar-refractivity contribution in [3.05, 3.63) is 77.2 Å². The summed E-state index contributed by atoms with van der Waals surface area (Å²) >= 11 is 6.50. The number of rotatable bonds is 7. The van der Waals surface area contributed by atoms with Crippen molar-refractivity contribution < 1.29 is 18.7 Å². The first kappa shape index (κ1) is 26.7. The van der Waals surface area contributed by atoms with Crippen molar-refractivity contribution in [2.75, 3.05) is 16.8 Å². The Morgan fingerprint density at radius 1 is 1.15 bits per heavy atom. The Kier molecular flexibility index (Phi) is 7.61. The second kappa shape index (κ2) is 11.1. The van der Waals surface area contributed by atoms with E-state index in [2.05, 4.69) is 20.3 Å². The minimum atomic E-state index is -0.775. The molecule has 4 aromatic rings. The standard InChI is InChI=1S/C29H28ClF2N5O2/c1-3-19-10-17(28(38)39)8-9-37(19)29-34-13-18(14-35-29)21-11-22-26(12-25(21)32)33-15-23(30)27(22)36-16(2)20-6-4-5-7-24(20)31/h4-7,11-17,19H,3,8-10H2,1-2H3,(H,33,36)(H,38,39). The van der Waals surface area contributed by atoms with Gasteiger partial charge in [0.1, 0.15) is 11.6 Å². The van der Waals surface area contributed by atoms with E-state index in [0.717, 1.165) is 6.42 Å². The predicted octanol–water partition coefficient (Wildman–Crippen LogP) is 6.88. The number of carbonyl (C=O) groups is 1. The molecule has 0 spiro atoms. The zero-order valence-corrected chi connectivity index (χ0v) is 22.3. The molecule has 0 aliphatic carbocycles. The monoisotopic (exact) mass is 551 g/mol. The van der Waals surface area contributed by atoms with Gasteiger partial charge in [-0.25, -0.2) is 18.7 Å². The molecule has 2 aromatic carbocycles. The van der Waals surface area contributed by atoms with E-state index < -0.39 is 17.8 Å². The highest BCUT2D eigenvalue weighted by Crippen LogP contribution is 2.37. The molecular weight excluding hydrogens is 524 g/mol. The van der Waals surface area contributed by atoms with Crippen LogP contribution in [0.15, 0.2) is 55.0 Å². The number of aromatic nitrogens is 3. The maximum Gasteiger partial charge on any atom is 0.306 e. The fourth-order valence-electron chi connectivity index (χ4n) is 5.21. The molecule has 10 heteroatoms. The molecule has 1 aliphatic heterocycles. The molecule has 5 rings (SSSR count). The molecule has 2 aromatic heterocycles. The number of piperidine rings is 1. The van der Waals surface area contributed by atoms with Crippen molar-refractivity contribution in [2.24, 2.45) is 5.92 Å². The Balaban J connectivity index is 1.46. The molecular formula is C29H28ClF2N5O2. The summed E-state index contributed by atoms with van der Waals surface area (Å²) in [6, 6.07) is 9.06. The van der Waals surface area contributed by atoms with Crippen LogP contribution in [0, 0.1) is 17.6 Å². The van der Waals surface area contributed by atoms with E-state index in [1.165, 1.54) is 18.3 Å². The van der Waals surface area contributed by atoms with E-state index in [0.29, 0.717) is 58.1 Å². The molecule has 0 saturated carbocycles. The lowest BCUT2D eigenvalue weighted by molar-refractivity contribution is -0.142. The normalized spacial score (nSPS) is 18.2. The van der Waals surface area contributed by atoms with Gasteiger partial charge in [0.2, 0.25) is 5.95 Å². The third-order valence-electron chi connectivity index (χ3n) is 7.39. The topological polar surface area (TPSA) is 91.2 Å². The average molecular weight is 552 g/mol. The number of halogens is 3. The Morgan fingerprint density at radius 3 is 2.59 bits per heavy atom. The third-order valence-corrected chi connectivity index (χ3v) is 7.67. The van der Waals surface area contributed by atoms with E-state index in [4.69, 9.17) is 11.6 Å². The summed E-state index contributed by atoms with van der Waals surface area (Å²) in [5.74, 6) is -1.49. The van der Waals surface area contributed by atoms with Crippen LogP contribution in [0.25, 0.3) is 22.0 Å². The molecule has 1 saturated heterocycles. The van der Waals surface area contributed by atoms with Crippen molar-refractivity contribution in [1.82, 2.24) is 15.0 Å². The van der Waals surface area contributed by atoms with Crippen LogP contribution < -0.4 is 10.2 Å². The second-order valence-corrected chi connectivity index (χ2v) is 10.2. The van der Waals surface area contributed by atoms with Crippen molar-refractivity contribution in [1.29, 1.82) is 0 Å². The fourth-order valence-corrected chi connectivity index (χ4v) is 5.42. The van der Waals surface area contributed by atoms with Crippen molar-refractivity contribution in [3.8, 4) is 11.1 Å². The van der Waals surface area contributed by atoms with Gasteiger partial charge < -0.3 is 15.3 Å². The van der Waals surface area contributed by atoms with Crippen molar-refractivity contribution in [3.63, 3.8) is 0 Å². The van der Waals surface area contributed by atoms with Gasteiger partial charge in [-0.3, -0.25) is 9.78 Å². The van der Waals surface area contributed by atoms with Crippen molar-refractivity contribution >= 4 is 40.1 Å². The molecule has 202 valence electrons. The molecule has 39 heavy (non-hydrogen) atoms. The lowest BCUT2D eigenvalue weighted by atomic mass is 9.90. The third kappa shape index (κ3) is 5.36. The number of aliphatic carboxylic acids is 1. The summed E-state index contributed by atoms with van der Waals surface area (Å²) in [6.07, 6.45) is 6.39. The zero-order chi connectivity index (χ0) is 27.7. The molecule has 0 amide bonds. The van der Waals surface area contributed by atoms with Crippen LogP contribution in [-0.2, 0) is 4.79 Å². The van der Waals surface area contributed by atoms with E-state index in [9.17, 15) is 14.3 Å². The van der Waals surface area contributed by atoms with E-state index in [1.807, 2.05) is 18.7 Å². The molecule has 3 atom stereocenters. The van der Waals surface area contributed by atoms with Gasteiger partial charge in [0.15, 0.2) is 0 Å². The van der Waals surface area contributed by atoms with Crippen molar-refractivity contribution in [2.45, 2.75) is 45.2 Å². The predicted molar refractivity (Wildman–Crippen MR) is 148 cm³/mol. The molecule has 1 aliphatic rings. The Morgan fingerprint density at radius 2 is 1.90 bits per heavy atom. The minimum Gasteiger partial charge on any atom is -0.481 e.